The van der Waals surface area contributed by atoms with Gasteiger partial charge >= 0.3 is 12.1 Å². The van der Waals surface area contributed by atoms with Crippen LogP contribution >= 0.6 is 0 Å². The standard InChI is InChI=1S/C24H30F3N5O4/c1-14-20(22(34)32(30-14)17-8-10-31(11-9-17)13-24(25,26)27)29-28-19-7-3-6-18(21(19)33)15-4-2-5-16(12-15)23(35)36/h3,6-7,15-17,28,33H,2,4-5,8-13H2,1H3,(H,35,36). The summed E-state index contributed by atoms with van der Waals surface area (Å²) in [6, 6.07) is 4.80. The van der Waals surface area contributed by atoms with Crippen LogP contribution in [0.15, 0.2) is 28.4 Å². The molecule has 1 aromatic carbocycles. The van der Waals surface area contributed by atoms with Crippen molar-refractivity contribution in [2.24, 2.45) is 16.1 Å². The van der Waals surface area contributed by atoms with Gasteiger partial charge in [0.25, 0.3) is 5.91 Å². The number of aromatic hydroxyl groups is 1. The third-order valence-corrected chi connectivity index (χ3v) is 7.14. The molecule has 12 heteroatoms. The van der Waals surface area contributed by atoms with Gasteiger partial charge in [-0.3, -0.25) is 19.9 Å². The molecule has 0 aromatic heterocycles. The number of para-hydroxylation sites is 1. The van der Waals surface area contributed by atoms with Crippen molar-refractivity contribution in [2.45, 2.75) is 63.6 Å². The number of hydrogen-bond acceptors (Lipinski definition) is 7. The van der Waals surface area contributed by atoms with Crippen molar-refractivity contribution in [3.63, 3.8) is 0 Å². The number of phenols is 1. The van der Waals surface area contributed by atoms with Crippen LogP contribution in [-0.2, 0) is 9.59 Å². The van der Waals surface area contributed by atoms with Crippen LogP contribution in [0.4, 0.5) is 18.9 Å². The minimum Gasteiger partial charge on any atom is -0.505 e. The Morgan fingerprint density at radius 2 is 1.94 bits per heavy atom. The number of carbonyl (C=O) groups excluding carboxylic acids is 1. The molecule has 1 saturated heterocycles. The molecule has 9 nitrogen and oxygen atoms in total. The monoisotopic (exact) mass is 509 g/mol. The van der Waals surface area contributed by atoms with Crippen molar-refractivity contribution in [3.8, 4) is 5.75 Å². The fourth-order valence-electron chi connectivity index (χ4n) is 5.26. The summed E-state index contributed by atoms with van der Waals surface area (Å²) in [4.78, 5) is 25.7. The Bertz CT molecular complexity index is 1070. The highest BCUT2D eigenvalue weighted by atomic mass is 19.4. The summed E-state index contributed by atoms with van der Waals surface area (Å²) in [6.07, 6.45) is -0.902. The largest absolute Gasteiger partial charge is 0.505 e. The molecule has 4 rings (SSSR count). The van der Waals surface area contributed by atoms with E-state index in [2.05, 4.69) is 15.6 Å². The highest BCUT2D eigenvalue weighted by molar-refractivity contribution is 6.68. The minimum absolute atomic E-state index is 0.0354. The second-order valence-corrected chi connectivity index (χ2v) is 9.67. The Kier molecular flexibility index (Phi) is 7.53. The summed E-state index contributed by atoms with van der Waals surface area (Å²) in [5, 5.41) is 30.0. The van der Waals surface area contributed by atoms with E-state index in [9.17, 15) is 33.0 Å². The number of carbonyl (C=O) groups is 2. The predicted molar refractivity (Wildman–Crippen MR) is 127 cm³/mol. The number of carboxylic acids is 1. The van der Waals surface area contributed by atoms with Gasteiger partial charge in [0.05, 0.1) is 29.9 Å². The van der Waals surface area contributed by atoms with Gasteiger partial charge in [-0.2, -0.15) is 23.4 Å². The number of carboxylic acid groups (broad SMARTS) is 1. The Balaban J connectivity index is 1.41. The lowest BCUT2D eigenvalue weighted by atomic mass is 9.77. The molecule has 2 heterocycles. The van der Waals surface area contributed by atoms with E-state index in [1.165, 1.54) is 9.91 Å². The van der Waals surface area contributed by atoms with Crippen LogP contribution in [0.5, 0.6) is 5.75 Å². The van der Waals surface area contributed by atoms with Crippen molar-refractivity contribution < 1.29 is 33.0 Å². The first kappa shape index (κ1) is 25.9. The second kappa shape index (κ2) is 10.5. The molecule has 3 N–H and O–H groups in total. The second-order valence-electron chi connectivity index (χ2n) is 9.67. The Morgan fingerprint density at radius 1 is 1.22 bits per heavy atom. The summed E-state index contributed by atoms with van der Waals surface area (Å²) >= 11 is 0. The van der Waals surface area contributed by atoms with Gasteiger partial charge in [0, 0.05) is 13.1 Å². The normalized spacial score (nSPS) is 25.3. The number of amides is 1. The lowest BCUT2D eigenvalue weighted by Gasteiger charge is -2.34. The summed E-state index contributed by atoms with van der Waals surface area (Å²) in [7, 11) is 0. The van der Waals surface area contributed by atoms with Crippen LogP contribution in [0.3, 0.4) is 0 Å². The number of anilines is 1. The number of benzene rings is 1. The van der Waals surface area contributed by atoms with E-state index < -0.39 is 30.5 Å². The van der Waals surface area contributed by atoms with E-state index in [1.54, 1.807) is 25.1 Å². The number of phenolic OH excluding ortho intramolecular Hbond substituents is 1. The summed E-state index contributed by atoms with van der Waals surface area (Å²) in [5.41, 5.74) is 4.12. The number of alkyl halides is 3. The highest BCUT2D eigenvalue weighted by Crippen LogP contribution is 2.42. The fraction of sp³-hybridized carbons (Fsp3) is 0.583. The van der Waals surface area contributed by atoms with Gasteiger partial charge in [-0.15, -0.1) is 0 Å². The number of hydrazone groups is 2. The third-order valence-electron chi connectivity index (χ3n) is 7.14. The zero-order valence-corrected chi connectivity index (χ0v) is 20.0. The van der Waals surface area contributed by atoms with Crippen LogP contribution in [-0.4, -0.2) is 75.3 Å². The van der Waals surface area contributed by atoms with Crippen LogP contribution in [0.25, 0.3) is 0 Å². The molecule has 2 unspecified atom stereocenters. The molecular formula is C24H30F3N5O4. The third kappa shape index (κ3) is 5.80. The lowest BCUT2D eigenvalue weighted by molar-refractivity contribution is -0.150. The first-order chi connectivity index (χ1) is 17.0. The zero-order valence-electron chi connectivity index (χ0n) is 20.0. The molecular weight excluding hydrogens is 479 g/mol. The molecule has 0 radical (unpaired) electrons. The van der Waals surface area contributed by atoms with Crippen LogP contribution in [0, 0.1) is 5.92 Å². The first-order valence-corrected chi connectivity index (χ1v) is 12.1. The maximum absolute atomic E-state index is 13.0. The van der Waals surface area contributed by atoms with Gasteiger partial charge in [-0.25, -0.2) is 5.01 Å². The molecule has 2 aliphatic heterocycles. The van der Waals surface area contributed by atoms with Crippen molar-refractivity contribution >= 4 is 29.0 Å². The van der Waals surface area contributed by atoms with E-state index >= 15 is 0 Å². The van der Waals surface area contributed by atoms with E-state index in [1.807, 2.05) is 0 Å². The van der Waals surface area contributed by atoms with Crippen molar-refractivity contribution in [3.05, 3.63) is 23.8 Å². The first-order valence-electron chi connectivity index (χ1n) is 12.1. The summed E-state index contributed by atoms with van der Waals surface area (Å²) in [6.45, 7) is 1.10. The molecule has 1 aliphatic carbocycles. The Morgan fingerprint density at radius 3 is 2.61 bits per heavy atom. The van der Waals surface area contributed by atoms with Gasteiger partial charge in [-0.05, 0) is 56.6 Å². The van der Waals surface area contributed by atoms with Crippen LogP contribution in [0.1, 0.15) is 56.9 Å². The van der Waals surface area contributed by atoms with E-state index in [-0.39, 0.29) is 42.2 Å². The number of rotatable bonds is 6. The Labute approximate surface area is 206 Å². The average molecular weight is 510 g/mol. The number of aliphatic carboxylic acids is 1. The molecule has 0 spiro atoms. The van der Waals surface area contributed by atoms with Crippen molar-refractivity contribution in [2.75, 3.05) is 25.1 Å². The number of piperidine rings is 1. The van der Waals surface area contributed by atoms with E-state index in [0.717, 1.165) is 12.8 Å². The predicted octanol–water partition coefficient (Wildman–Crippen LogP) is 3.76. The number of nitrogens with zero attached hydrogens (tertiary/aromatic N) is 4. The molecule has 3 aliphatic rings. The smallest absolute Gasteiger partial charge is 0.401 e. The molecule has 1 saturated carbocycles. The fourth-order valence-corrected chi connectivity index (χ4v) is 5.26. The van der Waals surface area contributed by atoms with Crippen molar-refractivity contribution in [1.82, 2.24) is 9.91 Å². The maximum atomic E-state index is 13.0. The molecule has 1 amide bonds. The maximum Gasteiger partial charge on any atom is 0.401 e. The van der Waals surface area contributed by atoms with Gasteiger partial charge in [-0.1, -0.05) is 18.6 Å². The van der Waals surface area contributed by atoms with E-state index in [4.69, 9.17) is 0 Å². The van der Waals surface area contributed by atoms with Crippen molar-refractivity contribution in [1.29, 1.82) is 0 Å². The lowest BCUT2D eigenvalue weighted by Crippen LogP contribution is -2.47. The number of nitrogens with one attached hydrogen (secondary N) is 1. The van der Waals surface area contributed by atoms with Gasteiger partial charge in [0.2, 0.25) is 0 Å². The van der Waals surface area contributed by atoms with Crippen LogP contribution in [0.2, 0.25) is 0 Å². The summed E-state index contributed by atoms with van der Waals surface area (Å²) < 4.78 is 37.9. The SMILES string of the molecule is CC1=NN(C2CCN(CC(F)(F)F)CC2)C(=O)C1=NNc1cccc(C2CCCC(C(=O)O)C2)c1O. The average Bonchev–Trinajstić information content (AvgIpc) is 3.11. The van der Waals surface area contributed by atoms with E-state index in [0.29, 0.717) is 37.0 Å². The molecule has 196 valence electrons. The minimum atomic E-state index is -4.26. The van der Waals surface area contributed by atoms with Gasteiger partial charge in [0.1, 0.15) is 5.75 Å². The number of halogens is 3. The van der Waals surface area contributed by atoms with Gasteiger partial charge in [0.15, 0.2) is 5.71 Å². The molecule has 1 aromatic rings. The molecule has 2 fully saturated rings. The molecule has 36 heavy (non-hydrogen) atoms. The number of likely N-dealkylation sites (tertiary alicyclic amines) is 1. The quantitative estimate of drug-likeness (QED) is 0.397. The van der Waals surface area contributed by atoms with Gasteiger partial charge < -0.3 is 10.2 Å². The molecule has 2 atom stereocenters. The topological polar surface area (TPSA) is 118 Å². The highest BCUT2D eigenvalue weighted by Gasteiger charge is 2.38. The number of hydrogen-bond donors (Lipinski definition) is 3. The summed E-state index contributed by atoms with van der Waals surface area (Å²) in [5.74, 6) is -1.84. The molecule has 0 bridgehead atoms. The zero-order chi connectivity index (χ0) is 26.0. The Hall–Kier alpha value is -3.15. The van der Waals surface area contributed by atoms with Crippen LogP contribution < -0.4 is 5.43 Å².